The van der Waals surface area contributed by atoms with Gasteiger partial charge in [0.15, 0.2) is 0 Å². The molecule has 0 aliphatic heterocycles. The second-order valence-electron chi connectivity index (χ2n) is 5.57. The fourth-order valence-corrected chi connectivity index (χ4v) is 4.63. The standard InChI is InChI=1S/C19H13FO2S/c20-14-8-10-15(11-9-14)23(21,22)19-7-3-6-17-16-5-2-1-4-13(16)12-18(17)19/h1-11H,12H2. The Labute approximate surface area is 134 Å². The van der Waals surface area contributed by atoms with Gasteiger partial charge in [-0.3, -0.25) is 0 Å². The van der Waals surface area contributed by atoms with Crippen molar-refractivity contribution in [3.05, 3.63) is 83.7 Å². The normalized spacial score (nSPS) is 12.7. The van der Waals surface area contributed by atoms with Crippen LogP contribution in [0.5, 0.6) is 0 Å². The molecule has 0 saturated carbocycles. The Balaban J connectivity index is 1.91. The number of halogens is 1. The average molecular weight is 324 g/mol. The molecule has 3 aromatic rings. The average Bonchev–Trinajstić information content (AvgIpc) is 2.93. The highest BCUT2D eigenvalue weighted by Crippen LogP contribution is 2.40. The Morgan fingerprint density at radius 2 is 1.48 bits per heavy atom. The summed E-state index contributed by atoms with van der Waals surface area (Å²) in [5.41, 5.74) is 3.99. The zero-order chi connectivity index (χ0) is 16.0. The molecule has 0 radical (unpaired) electrons. The predicted molar refractivity (Wildman–Crippen MR) is 86.5 cm³/mol. The maximum atomic E-state index is 13.1. The van der Waals surface area contributed by atoms with E-state index in [-0.39, 0.29) is 4.90 Å². The summed E-state index contributed by atoms with van der Waals surface area (Å²) in [6.45, 7) is 0. The van der Waals surface area contributed by atoms with Crippen molar-refractivity contribution in [2.45, 2.75) is 16.2 Å². The Morgan fingerprint density at radius 3 is 2.26 bits per heavy atom. The SMILES string of the molecule is O=S(=O)(c1ccc(F)cc1)c1cccc2c1Cc1ccccc1-2. The lowest BCUT2D eigenvalue weighted by Crippen LogP contribution is -2.05. The summed E-state index contributed by atoms with van der Waals surface area (Å²) in [6, 6.07) is 18.2. The summed E-state index contributed by atoms with van der Waals surface area (Å²) in [5.74, 6) is -0.449. The molecule has 3 aromatic carbocycles. The van der Waals surface area contributed by atoms with Crippen LogP contribution in [0.25, 0.3) is 11.1 Å². The highest BCUT2D eigenvalue weighted by Gasteiger charge is 2.27. The largest absolute Gasteiger partial charge is 0.219 e. The molecular weight excluding hydrogens is 311 g/mol. The summed E-state index contributed by atoms with van der Waals surface area (Å²) in [6.07, 6.45) is 0.599. The van der Waals surface area contributed by atoms with Gasteiger partial charge in [0.05, 0.1) is 9.79 Å². The highest BCUT2D eigenvalue weighted by molar-refractivity contribution is 7.91. The summed E-state index contributed by atoms with van der Waals surface area (Å²) < 4.78 is 38.9. The van der Waals surface area contributed by atoms with Crippen LogP contribution in [-0.4, -0.2) is 8.42 Å². The van der Waals surface area contributed by atoms with Gasteiger partial charge in [0.25, 0.3) is 0 Å². The van der Waals surface area contributed by atoms with Gasteiger partial charge in [0.1, 0.15) is 5.82 Å². The third-order valence-electron chi connectivity index (χ3n) is 4.22. The Morgan fingerprint density at radius 1 is 0.783 bits per heavy atom. The molecule has 0 fully saturated rings. The first-order valence-electron chi connectivity index (χ1n) is 7.28. The van der Waals surface area contributed by atoms with Crippen molar-refractivity contribution < 1.29 is 12.8 Å². The van der Waals surface area contributed by atoms with Crippen LogP contribution in [0.2, 0.25) is 0 Å². The topological polar surface area (TPSA) is 34.1 Å². The molecule has 0 saturated heterocycles. The second kappa shape index (κ2) is 5.03. The summed E-state index contributed by atoms with van der Waals surface area (Å²) in [7, 11) is -3.67. The van der Waals surface area contributed by atoms with Gasteiger partial charge in [-0.1, -0.05) is 36.4 Å². The minimum Gasteiger partial charge on any atom is -0.219 e. The molecule has 4 rings (SSSR count). The van der Waals surface area contributed by atoms with E-state index >= 15 is 0 Å². The van der Waals surface area contributed by atoms with Gasteiger partial charge in [-0.25, -0.2) is 12.8 Å². The smallest absolute Gasteiger partial charge is 0.206 e. The number of rotatable bonds is 2. The van der Waals surface area contributed by atoms with Crippen molar-refractivity contribution in [2.24, 2.45) is 0 Å². The van der Waals surface area contributed by atoms with E-state index in [9.17, 15) is 12.8 Å². The third kappa shape index (κ3) is 2.18. The van der Waals surface area contributed by atoms with Crippen molar-refractivity contribution in [2.75, 3.05) is 0 Å². The number of benzene rings is 3. The molecule has 1 aliphatic rings. The number of hydrogen-bond acceptors (Lipinski definition) is 2. The number of hydrogen-bond donors (Lipinski definition) is 0. The van der Waals surface area contributed by atoms with E-state index in [4.69, 9.17) is 0 Å². The van der Waals surface area contributed by atoms with E-state index in [1.54, 1.807) is 12.1 Å². The number of fused-ring (bicyclic) bond motifs is 3. The van der Waals surface area contributed by atoms with Gasteiger partial charge in [0, 0.05) is 0 Å². The lowest BCUT2D eigenvalue weighted by molar-refractivity contribution is 0.594. The van der Waals surface area contributed by atoms with Crippen LogP contribution >= 0.6 is 0 Å². The zero-order valence-corrected chi connectivity index (χ0v) is 13.0. The maximum Gasteiger partial charge on any atom is 0.206 e. The van der Waals surface area contributed by atoms with Crippen LogP contribution in [0.1, 0.15) is 11.1 Å². The summed E-state index contributed by atoms with van der Waals surface area (Å²) in [5, 5.41) is 0. The van der Waals surface area contributed by atoms with Crippen molar-refractivity contribution in [1.29, 1.82) is 0 Å². The second-order valence-corrected chi connectivity index (χ2v) is 7.49. The predicted octanol–water partition coefficient (Wildman–Crippen LogP) is 4.23. The minimum absolute atomic E-state index is 0.114. The monoisotopic (exact) mass is 324 g/mol. The fraction of sp³-hybridized carbons (Fsp3) is 0.0526. The van der Waals surface area contributed by atoms with Gasteiger partial charge < -0.3 is 0 Å². The van der Waals surface area contributed by atoms with Crippen LogP contribution in [0.3, 0.4) is 0 Å². The van der Waals surface area contributed by atoms with Crippen LogP contribution < -0.4 is 0 Å². The molecule has 4 heteroatoms. The molecular formula is C19H13FO2S. The molecule has 0 unspecified atom stereocenters. The Bertz CT molecular complexity index is 1010. The van der Waals surface area contributed by atoms with Crippen molar-refractivity contribution >= 4 is 9.84 Å². The van der Waals surface area contributed by atoms with E-state index in [0.717, 1.165) is 22.3 Å². The molecule has 2 nitrogen and oxygen atoms in total. The van der Waals surface area contributed by atoms with Crippen molar-refractivity contribution in [3.63, 3.8) is 0 Å². The molecule has 0 bridgehead atoms. The van der Waals surface area contributed by atoms with E-state index in [1.807, 2.05) is 30.3 Å². The Kier molecular flexibility index (Phi) is 3.10. The maximum absolute atomic E-state index is 13.1. The molecule has 0 spiro atoms. The fourth-order valence-electron chi connectivity index (χ4n) is 3.12. The van der Waals surface area contributed by atoms with Gasteiger partial charge in [0.2, 0.25) is 9.84 Å². The van der Waals surface area contributed by atoms with E-state index in [0.29, 0.717) is 11.3 Å². The van der Waals surface area contributed by atoms with Gasteiger partial charge >= 0.3 is 0 Å². The van der Waals surface area contributed by atoms with E-state index in [1.165, 1.54) is 24.3 Å². The quantitative estimate of drug-likeness (QED) is 0.517. The summed E-state index contributed by atoms with van der Waals surface area (Å²) in [4.78, 5) is 0.418. The lowest BCUT2D eigenvalue weighted by atomic mass is 10.1. The van der Waals surface area contributed by atoms with Crippen molar-refractivity contribution in [3.8, 4) is 11.1 Å². The molecule has 0 N–H and O–H groups in total. The molecule has 0 amide bonds. The molecule has 114 valence electrons. The van der Waals surface area contributed by atoms with E-state index < -0.39 is 15.7 Å². The van der Waals surface area contributed by atoms with Gasteiger partial charge in [-0.15, -0.1) is 0 Å². The molecule has 23 heavy (non-hydrogen) atoms. The van der Waals surface area contributed by atoms with Crippen LogP contribution in [0.15, 0.2) is 76.5 Å². The van der Waals surface area contributed by atoms with Gasteiger partial charge in [-0.2, -0.15) is 0 Å². The highest BCUT2D eigenvalue weighted by atomic mass is 32.2. The molecule has 0 aromatic heterocycles. The van der Waals surface area contributed by atoms with Crippen LogP contribution in [-0.2, 0) is 16.3 Å². The molecule has 0 atom stereocenters. The van der Waals surface area contributed by atoms with E-state index in [2.05, 4.69) is 0 Å². The number of sulfone groups is 1. The first kappa shape index (κ1) is 14.2. The minimum atomic E-state index is -3.67. The lowest BCUT2D eigenvalue weighted by Gasteiger charge is -2.10. The zero-order valence-electron chi connectivity index (χ0n) is 12.2. The summed E-state index contributed by atoms with van der Waals surface area (Å²) >= 11 is 0. The molecule has 1 aliphatic carbocycles. The molecule has 0 heterocycles. The first-order chi connectivity index (χ1) is 11.1. The van der Waals surface area contributed by atoms with Crippen molar-refractivity contribution in [1.82, 2.24) is 0 Å². The van der Waals surface area contributed by atoms with Gasteiger partial charge in [-0.05, 0) is 59.0 Å². The third-order valence-corrected chi connectivity index (χ3v) is 6.08. The van der Waals surface area contributed by atoms with Crippen LogP contribution in [0.4, 0.5) is 4.39 Å². The Hall–Kier alpha value is -2.46. The van der Waals surface area contributed by atoms with Crippen LogP contribution in [0, 0.1) is 5.82 Å². The first-order valence-corrected chi connectivity index (χ1v) is 8.76.